The molecule has 0 aliphatic heterocycles. The zero-order valence-electron chi connectivity index (χ0n) is 9.31. The van der Waals surface area contributed by atoms with Crippen LogP contribution in [0, 0.1) is 3.57 Å². The second kappa shape index (κ2) is 4.73. The van der Waals surface area contributed by atoms with Crippen molar-refractivity contribution in [2.45, 2.75) is 25.4 Å². The Kier molecular flexibility index (Phi) is 3.11. The van der Waals surface area contributed by atoms with Crippen molar-refractivity contribution in [2.75, 3.05) is 0 Å². The van der Waals surface area contributed by atoms with E-state index in [0.29, 0.717) is 6.04 Å². The van der Waals surface area contributed by atoms with Crippen LogP contribution >= 0.6 is 22.6 Å². The topological polar surface area (TPSA) is 42.7 Å². The maximum atomic E-state index is 4.59. The van der Waals surface area contributed by atoms with Gasteiger partial charge in [-0.15, -0.1) is 0 Å². The van der Waals surface area contributed by atoms with Crippen LogP contribution in [0.1, 0.15) is 18.5 Å². The minimum Gasteiger partial charge on any atom is -0.308 e. The van der Waals surface area contributed by atoms with Crippen molar-refractivity contribution < 1.29 is 0 Å². The number of aromatic nitrogens is 3. The van der Waals surface area contributed by atoms with E-state index >= 15 is 0 Å². The fourth-order valence-electron chi connectivity index (χ4n) is 1.66. The Morgan fingerprint density at radius 3 is 3.00 bits per heavy atom. The number of nitrogens with zero attached hydrogens (tertiary/aromatic N) is 3. The highest BCUT2D eigenvalue weighted by atomic mass is 127. The summed E-state index contributed by atoms with van der Waals surface area (Å²) < 4.78 is 2.92. The first-order valence-corrected chi connectivity index (χ1v) is 6.79. The molecule has 17 heavy (non-hydrogen) atoms. The third kappa shape index (κ3) is 2.84. The number of pyridine rings is 1. The summed E-state index contributed by atoms with van der Waals surface area (Å²) >= 11 is 2.25. The molecule has 88 valence electrons. The lowest BCUT2D eigenvalue weighted by Crippen LogP contribution is -2.16. The predicted octanol–water partition coefficient (Wildman–Crippen LogP) is 2.12. The molecule has 0 bridgehead atoms. The molecule has 1 N–H and O–H groups in total. The first-order valence-electron chi connectivity index (χ1n) is 5.71. The van der Waals surface area contributed by atoms with Gasteiger partial charge < -0.3 is 5.32 Å². The number of rotatable bonds is 4. The normalized spacial score (nSPS) is 15.1. The molecule has 0 aromatic carbocycles. The molecule has 0 saturated heterocycles. The number of nitrogens with one attached hydrogen (secondary N) is 1. The molecular weight excluding hydrogens is 327 g/mol. The van der Waals surface area contributed by atoms with Crippen molar-refractivity contribution in [1.82, 2.24) is 20.1 Å². The average molecular weight is 340 g/mol. The van der Waals surface area contributed by atoms with Crippen LogP contribution in [0.15, 0.2) is 30.6 Å². The highest BCUT2D eigenvalue weighted by Crippen LogP contribution is 2.19. The SMILES string of the molecule is Ic1cnn(-c2cccc(CNC3CC3)n2)c1. The van der Waals surface area contributed by atoms with Gasteiger partial charge in [-0.1, -0.05) is 6.07 Å². The summed E-state index contributed by atoms with van der Waals surface area (Å²) in [5.74, 6) is 0.878. The van der Waals surface area contributed by atoms with Gasteiger partial charge in [-0.25, -0.2) is 9.67 Å². The maximum Gasteiger partial charge on any atom is 0.153 e. The molecule has 0 radical (unpaired) electrons. The zero-order valence-corrected chi connectivity index (χ0v) is 11.5. The second-order valence-electron chi connectivity index (χ2n) is 4.25. The zero-order chi connectivity index (χ0) is 11.7. The van der Waals surface area contributed by atoms with Gasteiger partial charge in [0, 0.05) is 18.8 Å². The van der Waals surface area contributed by atoms with Crippen LogP contribution in [-0.4, -0.2) is 20.8 Å². The molecule has 2 heterocycles. The minimum absolute atomic E-state index is 0.714. The van der Waals surface area contributed by atoms with E-state index in [2.05, 4.69) is 38.0 Å². The lowest BCUT2D eigenvalue weighted by Gasteiger charge is -2.05. The molecular formula is C12H13IN4. The Morgan fingerprint density at radius 1 is 1.41 bits per heavy atom. The average Bonchev–Trinajstić information content (AvgIpc) is 3.08. The second-order valence-corrected chi connectivity index (χ2v) is 5.49. The Bertz CT molecular complexity index is 519. The summed E-state index contributed by atoms with van der Waals surface area (Å²) in [4.78, 5) is 4.59. The summed E-state index contributed by atoms with van der Waals surface area (Å²) in [6, 6.07) is 6.77. The van der Waals surface area contributed by atoms with E-state index in [4.69, 9.17) is 0 Å². The van der Waals surface area contributed by atoms with Gasteiger partial charge >= 0.3 is 0 Å². The van der Waals surface area contributed by atoms with Crippen molar-refractivity contribution in [1.29, 1.82) is 0 Å². The van der Waals surface area contributed by atoms with Gasteiger partial charge in [0.1, 0.15) is 0 Å². The molecule has 1 aliphatic carbocycles. The van der Waals surface area contributed by atoms with Crippen molar-refractivity contribution in [3.63, 3.8) is 0 Å². The van der Waals surface area contributed by atoms with Gasteiger partial charge in [-0.2, -0.15) is 5.10 Å². The number of hydrogen-bond donors (Lipinski definition) is 1. The standard InChI is InChI=1S/C12H13IN4/c13-9-6-15-17(8-9)12-3-1-2-11(16-12)7-14-10-4-5-10/h1-3,6,8,10,14H,4-5,7H2. The van der Waals surface area contributed by atoms with E-state index in [1.165, 1.54) is 12.8 Å². The van der Waals surface area contributed by atoms with Crippen LogP contribution in [-0.2, 0) is 6.54 Å². The summed E-state index contributed by atoms with van der Waals surface area (Å²) in [7, 11) is 0. The van der Waals surface area contributed by atoms with Gasteiger partial charge in [0.2, 0.25) is 0 Å². The van der Waals surface area contributed by atoms with Crippen LogP contribution in [0.25, 0.3) is 5.82 Å². The van der Waals surface area contributed by atoms with Gasteiger partial charge in [0.15, 0.2) is 5.82 Å². The van der Waals surface area contributed by atoms with Gasteiger partial charge in [-0.05, 0) is 47.6 Å². The highest BCUT2D eigenvalue weighted by molar-refractivity contribution is 14.1. The molecule has 1 aliphatic rings. The van der Waals surface area contributed by atoms with Crippen LogP contribution in [0.2, 0.25) is 0 Å². The highest BCUT2D eigenvalue weighted by Gasteiger charge is 2.20. The Hall–Kier alpha value is -0.950. The van der Waals surface area contributed by atoms with E-state index in [1.807, 2.05) is 35.3 Å². The van der Waals surface area contributed by atoms with Crippen LogP contribution < -0.4 is 5.32 Å². The largest absolute Gasteiger partial charge is 0.308 e. The summed E-state index contributed by atoms with van der Waals surface area (Å²) in [5, 5.41) is 7.72. The lowest BCUT2D eigenvalue weighted by atomic mass is 10.3. The molecule has 0 unspecified atom stereocenters. The third-order valence-corrected chi connectivity index (χ3v) is 3.28. The van der Waals surface area contributed by atoms with Crippen LogP contribution in [0.3, 0.4) is 0 Å². The molecule has 0 atom stereocenters. The summed E-state index contributed by atoms with van der Waals surface area (Å²) in [6.07, 6.45) is 6.41. The molecule has 2 aromatic rings. The van der Waals surface area contributed by atoms with Crippen molar-refractivity contribution in [3.05, 3.63) is 39.9 Å². The first kappa shape index (κ1) is 11.2. The van der Waals surface area contributed by atoms with Gasteiger partial charge in [0.25, 0.3) is 0 Å². The Labute approximate surface area is 114 Å². The van der Waals surface area contributed by atoms with Gasteiger partial charge in [0.05, 0.1) is 15.5 Å². The quantitative estimate of drug-likeness (QED) is 0.867. The third-order valence-electron chi connectivity index (χ3n) is 2.73. The summed E-state index contributed by atoms with van der Waals surface area (Å²) in [6.45, 7) is 0.844. The van der Waals surface area contributed by atoms with Crippen molar-refractivity contribution in [3.8, 4) is 5.82 Å². The number of hydrogen-bond acceptors (Lipinski definition) is 3. The van der Waals surface area contributed by atoms with Crippen molar-refractivity contribution >= 4 is 22.6 Å². The predicted molar refractivity (Wildman–Crippen MR) is 73.9 cm³/mol. The van der Waals surface area contributed by atoms with E-state index in [9.17, 15) is 0 Å². The molecule has 3 rings (SSSR count). The smallest absolute Gasteiger partial charge is 0.153 e. The fraction of sp³-hybridized carbons (Fsp3) is 0.333. The minimum atomic E-state index is 0.714. The maximum absolute atomic E-state index is 4.59. The molecule has 1 fully saturated rings. The first-order chi connectivity index (χ1) is 8.31. The van der Waals surface area contributed by atoms with E-state index in [-0.39, 0.29) is 0 Å². The Morgan fingerprint density at radius 2 is 2.29 bits per heavy atom. The van der Waals surface area contributed by atoms with E-state index < -0.39 is 0 Å². The molecule has 2 aromatic heterocycles. The number of halogens is 1. The van der Waals surface area contributed by atoms with E-state index in [1.54, 1.807) is 0 Å². The fourth-order valence-corrected chi connectivity index (χ4v) is 2.04. The monoisotopic (exact) mass is 340 g/mol. The molecule has 0 amide bonds. The van der Waals surface area contributed by atoms with Crippen LogP contribution in [0.4, 0.5) is 0 Å². The Balaban J connectivity index is 1.77. The van der Waals surface area contributed by atoms with Gasteiger partial charge in [-0.3, -0.25) is 0 Å². The van der Waals surface area contributed by atoms with Crippen LogP contribution in [0.5, 0.6) is 0 Å². The van der Waals surface area contributed by atoms with Crippen molar-refractivity contribution in [2.24, 2.45) is 0 Å². The molecule has 0 spiro atoms. The molecule has 4 nitrogen and oxygen atoms in total. The van der Waals surface area contributed by atoms with E-state index in [0.717, 1.165) is 21.6 Å². The lowest BCUT2D eigenvalue weighted by molar-refractivity contribution is 0.670. The molecule has 5 heteroatoms. The summed E-state index contributed by atoms with van der Waals surface area (Å²) in [5.41, 5.74) is 1.07. The molecule has 1 saturated carbocycles.